The minimum Gasteiger partial charge on any atom is -0.350 e. The lowest BCUT2D eigenvalue weighted by atomic mass is 9.95. The molecule has 3 rings (SSSR count). The molecule has 0 aliphatic carbocycles. The zero-order valence-corrected chi connectivity index (χ0v) is 16.1. The van der Waals surface area contributed by atoms with E-state index in [1.54, 1.807) is 12.1 Å². The number of carbonyl (C=O) groups excluding carboxylic acids is 1. The fraction of sp³-hybridized carbons (Fsp3) is 0.409. The number of halogens is 2. The summed E-state index contributed by atoms with van der Waals surface area (Å²) >= 11 is 0. The molecule has 144 valence electrons. The Kier molecular flexibility index (Phi) is 5.61. The molecule has 1 heterocycles. The molecule has 3 nitrogen and oxygen atoms in total. The van der Waals surface area contributed by atoms with Crippen LogP contribution in [0.25, 0.3) is 0 Å². The highest BCUT2D eigenvalue weighted by atomic mass is 19.3. The van der Waals surface area contributed by atoms with Crippen LogP contribution in [0.3, 0.4) is 0 Å². The minimum atomic E-state index is -2.79. The first-order valence-electron chi connectivity index (χ1n) is 9.31. The van der Waals surface area contributed by atoms with Crippen molar-refractivity contribution in [2.45, 2.75) is 52.2 Å². The summed E-state index contributed by atoms with van der Waals surface area (Å²) in [4.78, 5) is 13.5. The van der Waals surface area contributed by atoms with Crippen molar-refractivity contribution in [2.24, 2.45) is 0 Å². The van der Waals surface area contributed by atoms with E-state index in [1.165, 1.54) is 12.5 Å². The Morgan fingerprint density at radius 1 is 1.19 bits per heavy atom. The maximum atomic E-state index is 13.5. The Hall–Kier alpha value is -2.27. The summed E-state index contributed by atoms with van der Waals surface area (Å²) in [6, 6.07) is 13.3. The van der Waals surface area contributed by atoms with Crippen LogP contribution in [-0.4, -0.2) is 17.4 Å². The largest absolute Gasteiger partial charge is 0.350 e. The van der Waals surface area contributed by atoms with Gasteiger partial charge in [-0.05, 0) is 41.7 Å². The molecule has 1 aliphatic heterocycles. The minimum absolute atomic E-state index is 0.00990. The maximum Gasteiger partial charge on any atom is 0.270 e. The van der Waals surface area contributed by atoms with Crippen molar-refractivity contribution in [3.63, 3.8) is 0 Å². The van der Waals surface area contributed by atoms with Crippen molar-refractivity contribution in [1.82, 2.24) is 10.2 Å². The number of carbonyl (C=O) groups is 1. The molecule has 2 aromatic rings. The lowest BCUT2D eigenvalue weighted by Crippen LogP contribution is -2.30. The van der Waals surface area contributed by atoms with Crippen LogP contribution < -0.4 is 5.32 Å². The van der Waals surface area contributed by atoms with E-state index in [9.17, 15) is 13.6 Å². The van der Waals surface area contributed by atoms with Gasteiger partial charge in [0, 0.05) is 39.0 Å². The van der Waals surface area contributed by atoms with Gasteiger partial charge in [-0.25, -0.2) is 8.78 Å². The third kappa shape index (κ3) is 4.92. The van der Waals surface area contributed by atoms with Crippen molar-refractivity contribution in [3.05, 3.63) is 70.3 Å². The number of hydrogen-bond acceptors (Lipinski definition) is 2. The number of nitrogens with zero attached hydrogens (tertiary/aromatic N) is 1. The third-order valence-electron chi connectivity index (χ3n) is 5.11. The lowest BCUT2D eigenvalue weighted by Gasteiger charge is -2.29. The molecule has 1 aliphatic rings. The molecule has 1 N–H and O–H groups in total. The van der Waals surface area contributed by atoms with Gasteiger partial charge in [0.2, 0.25) is 5.91 Å². The Morgan fingerprint density at radius 2 is 1.89 bits per heavy atom. The predicted molar refractivity (Wildman–Crippen MR) is 103 cm³/mol. The van der Waals surface area contributed by atoms with E-state index in [0.29, 0.717) is 0 Å². The number of amides is 1. The van der Waals surface area contributed by atoms with Gasteiger partial charge in [-0.15, -0.1) is 0 Å². The van der Waals surface area contributed by atoms with E-state index in [-0.39, 0.29) is 17.5 Å². The van der Waals surface area contributed by atoms with E-state index in [1.807, 2.05) is 25.1 Å². The van der Waals surface area contributed by atoms with Gasteiger partial charge >= 0.3 is 0 Å². The standard InChI is InChI=1S/C22H26F2N2O/c1-15(25-16(2)27)18-6-4-17(5-7-18)13-26-11-10-19-12-21(22(3,23)24)9-8-20(19)14-26/h4-9,12,15H,10-11,13-14H2,1-3H3,(H,25,27). The van der Waals surface area contributed by atoms with Crippen LogP contribution in [0.5, 0.6) is 0 Å². The second-order valence-electron chi connectivity index (χ2n) is 7.50. The number of hydrogen-bond donors (Lipinski definition) is 1. The summed E-state index contributed by atoms with van der Waals surface area (Å²) < 4.78 is 27.0. The monoisotopic (exact) mass is 372 g/mol. The molecule has 1 unspecified atom stereocenters. The molecule has 0 fully saturated rings. The van der Waals surface area contributed by atoms with E-state index in [0.717, 1.165) is 49.7 Å². The first-order valence-corrected chi connectivity index (χ1v) is 9.31. The highest BCUT2D eigenvalue weighted by Crippen LogP contribution is 2.30. The molecule has 1 amide bonds. The van der Waals surface area contributed by atoms with Crippen LogP contribution in [-0.2, 0) is 30.2 Å². The van der Waals surface area contributed by atoms with Gasteiger partial charge < -0.3 is 5.32 Å². The molecule has 0 aromatic heterocycles. The summed E-state index contributed by atoms with van der Waals surface area (Å²) in [5, 5.41) is 2.88. The van der Waals surface area contributed by atoms with Crippen LogP contribution in [0.4, 0.5) is 8.78 Å². The van der Waals surface area contributed by atoms with E-state index >= 15 is 0 Å². The van der Waals surface area contributed by atoms with Crippen molar-refractivity contribution in [3.8, 4) is 0 Å². The average molecular weight is 372 g/mol. The molecule has 0 bridgehead atoms. The van der Waals surface area contributed by atoms with Gasteiger partial charge in [-0.2, -0.15) is 0 Å². The summed E-state index contributed by atoms with van der Waals surface area (Å²) in [6.07, 6.45) is 0.789. The molecule has 27 heavy (non-hydrogen) atoms. The Morgan fingerprint density at radius 3 is 2.52 bits per heavy atom. The average Bonchev–Trinajstić information content (AvgIpc) is 2.60. The Balaban J connectivity index is 1.64. The second kappa shape index (κ2) is 7.77. The first kappa shape index (κ1) is 19.5. The molecule has 0 spiro atoms. The molecule has 0 saturated heterocycles. The summed E-state index contributed by atoms with van der Waals surface area (Å²) in [7, 11) is 0. The normalized spacial score (nSPS) is 15.9. The quantitative estimate of drug-likeness (QED) is 0.835. The van der Waals surface area contributed by atoms with Crippen LogP contribution in [0, 0.1) is 0 Å². The van der Waals surface area contributed by atoms with Crippen molar-refractivity contribution >= 4 is 5.91 Å². The number of alkyl halides is 2. The highest BCUT2D eigenvalue weighted by Gasteiger charge is 2.26. The topological polar surface area (TPSA) is 32.3 Å². The summed E-state index contributed by atoms with van der Waals surface area (Å²) in [5.74, 6) is -2.83. The van der Waals surface area contributed by atoms with Crippen molar-refractivity contribution < 1.29 is 13.6 Å². The summed E-state index contributed by atoms with van der Waals surface area (Å²) in [6.45, 7) is 6.88. The van der Waals surface area contributed by atoms with Gasteiger partial charge in [0.25, 0.3) is 5.92 Å². The van der Waals surface area contributed by atoms with E-state index in [2.05, 4.69) is 22.3 Å². The molecule has 2 aromatic carbocycles. The number of nitrogens with one attached hydrogen (secondary N) is 1. The van der Waals surface area contributed by atoms with Crippen LogP contribution >= 0.6 is 0 Å². The predicted octanol–water partition coefficient (Wildman–Crippen LogP) is 4.55. The lowest BCUT2D eigenvalue weighted by molar-refractivity contribution is -0.119. The van der Waals surface area contributed by atoms with Gasteiger partial charge in [0.1, 0.15) is 0 Å². The summed E-state index contributed by atoms with van der Waals surface area (Å²) in [5.41, 5.74) is 4.54. The van der Waals surface area contributed by atoms with E-state index < -0.39 is 5.92 Å². The maximum absolute atomic E-state index is 13.5. The van der Waals surface area contributed by atoms with Crippen LogP contribution in [0.2, 0.25) is 0 Å². The van der Waals surface area contributed by atoms with Gasteiger partial charge in [-0.3, -0.25) is 9.69 Å². The Bertz CT molecular complexity index is 812. The zero-order valence-electron chi connectivity index (χ0n) is 16.1. The molecular formula is C22H26F2N2O. The van der Waals surface area contributed by atoms with Gasteiger partial charge in [-0.1, -0.05) is 36.4 Å². The molecular weight excluding hydrogens is 346 g/mol. The number of rotatable bonds is 5. The molecule has 5 heteroatoms. The van der Waals surface area contributed by atoms with Crippen molar-refractivity contribution in [2.75, 3.05) is 6.54 Å². The number of fused-ring (bicyclic) bond motifs is 1. The zero-order chi connectivity index (χ0) is 19.6. The highest BCUT2D eigenvalue weighted by molar-refractivity contribution is 5.73. The first-order chi connectivity index (χ1) is 12.7. The Labute approximate surface area is 159 Å². The SMILES string of the molecule is CC(=O)NC(C)c1ccc(CN2CCc3cc(C(C)(F)F)ccc3C2)cc1. The second-order valence-corrected chi connectivity index (χ2v) is 7.50. The number of benzene rings is 2. The van der Waals surface area contributed by atoms with Gasteiger partial charge in [0.15, 0.2) is 0 Å². The van der Waals surface area contributed by atoms with Crippen molar-refractivity contribution in [1.29, 1.82) is 0 Å². The molecule has 0 saturated carbocycles. The van der Waals surface area contributed by atoms with Gasteiger partial charge in [0.05, 0.1) is 6.04 Å². The van der Waals surface area contributed by atoms with Crippen LogP contribution in [0.1, 0.15) is 54.6 Å². The fourth-order valence-electron chi connectivity index (χ4n) is 3.58. The fourth-order valence-corrected chi connectivity index (χ4v) is 3.58. The molecule has 1 atom stereocenters. The third-order valence-corrected chi connectivity index (χ3v) is 5.11. The van der Waals surface area contributed by atoms with E-state index in [4.69, 9.17) is 0 Å². The van der Waals surface area contributed by atoms with Crippen LogP contribution in [0.15, 0.2) is 42.5 Å². The smallest absolute Gasteiger partial charge is 0.270 e. The molecule has 0 radical (unpaired) electrons.